The van der Waals surface area contributed by atoms with E-state index >= 15 is 0 Å². The van der Waals surface area contributed by atoms with Crippen LogP contribution in [0.4, 0.5) is 0 Å². The van der Waals surface area contributed by atoms with Crippen molar-refractivity contribution in [3.05, 3.63) is 66.0 Å². The minimum Gasteiger partial charge on any atom is -0.481 e. The molecular weight excluding hydrogens is 406 g/mol. The van der Waals surface area contributed by atoms with Crippen LogP contribution in [0.25, 0.3) is 0 Å². The number of nitrogens with one attached hydrogen (secondary N) is 1. The maximum Gasteiger partial charge on any atom is 0.306 e. The van der Waals surface area contributed by atoms with E-state index in [9.17, 15) is 14.4 Å². The maximum atomic E-state index is 12.9. The summed E-state index contributed by atoms with van der Waals surface area (Å²) in [4.78, 5) is 42.2. The second-order valence-corrected chi connectivity index (χ2v) is 7.85. The van der Waals surface area contributed by atoms with Crippen LogP contribution in [-0.4, -0.2) is 51.9 Å². The third-order valence-electron chi connectivity index (χ3n) is 5.39. The Morgan fingerprint density at radius 3 is 2.66 bits per heavy atom. The third-order valence-corrected chi connectivity index (χ3v) is 5.39. The second kappa shape index (κ2) is 11.7. The summed E-state index contributed by atoms with van der Waals surface area (Å²) in [5, 5.41) is 11.8. The van der Waals surface area contributed by atoms with E-state index in [2.05, 4.69) is 22.1 Å². The van der Waals surface area contributed by atoms with Crippen molar-refractivity contribution in [2.75, 3.05) is 13.1 Å². The number of nitrogens with zero attached hydrogens (tertiary/aromatic N) is 2. The number of carbonyl (C=O) groups is 3. The summed E-state index contributed by atoms with van der Waals surface area (Å²) in [5.74, 6) is 4.13. The van der Waals surface area contributed by atoms with E-state index in [-0.39, 0.29) is 24.8 Å². The minimum absolute atomic E-state index is 0.0226. The molecule has 1 unspecified atom stereocenters. The molecular formula is C25H27N3O4. The number of piperidine rings is 1. The van der Waals surface area contributed by atoms with Gasteiger partial charge in [-0.15, -0.1) is 0 Å². The number of rotatable bonds is 8. The smallest absolute Gasteiger partial charge is 0.306 e. The lowest BCUT2D eigenvalue weighted by Gasteiger charge is -2.32. The second-order valence-electron chi connectivity index (χ2n) is 7.85. The van der Waals surface area contributed by atoms with Crippen LogP contribution in [0.3, 0.4) is 0 Å². The highest BCUT2D eigenvalue weighted by Gasteiger charge is 2.30. The molecule has 2 aromatic rings. The number of carbonyl (C=O) groups excluding carboxylic acids is 2. The van der Waals surface area contributed by atoms with Crippen molar-refractivity contribution in [3.8, 4) is 11.8 Å². The first-order chi connectivity index (χ1) is 15.5. The summed E-state index contributed by atoms with van der Waals surface area (Å²) in [6.07, 6.45) is 6.33. The van der Waals surface area contributed by atoms with Gasteiger partial charge in [-0.1, -0.05) is 30.0 Å². The van der Waals surface area contributed by atoms with Crippen LogP contribution in [-0.2, 0) is 20.8 Å². The number of aliphatic carboxylic acids is 1. The van der Waals surface area contributed by atoms with Crippen LogP contribution >= 0.6 is 0 Å². The van der Waals surface area contributed by atoms with Gasteiger partial charge in [0.25, 0.3) is 0 Å². The zero-order chi connectivity index (χ0) is 22.8. The fourth-order valence-electron chi connectivity index (χ4n) is 3.75. The molecule has 2 N–H and O–H groups in total. The largest absolute Gasteiger partial charge is 0.481 e. The van der Waals surface area contributed by atoms with Gasteiger partial charge in [0.05, 0.1) is 13.0 Å². The van der Waals surface area contributed by atoms with Gasteiger partial charge in [-0.25, -0.2) is 0 Å². The van der Waals surface area contributed by atoms with Crippen molar-refractivity contribution in [2.45, 2.75) is 38.1 Å². The van der Waals surface area contributed by atoms with Gasteiger partial charge in [0.1, 0.15) is 6.04 Å². The van der Waals surface area contributed by atoms with Crippen LogP contribution < -0.4 is 5.32 Å². The Morgan fingerprint density at radius 1 is 1.19 bits per heavy atom. The molecule has 0 bridgehead atoms. The van der Waals surface area contributed by atoms with Gasteiger partial charge < -0.3 is 15.3 Å². The number of carboxylic acids is 1. The lowest BCUT2D eigenvalue weighted by molar-refractivity contribution is -0.142. The number of hydrogen-bond acceptors (Lipinski definition) is 4. The first kappa shape index (κ1) is 23.0. The zero-order valence-electron chi connectivity index (χ0n) is 17.9. The van der Waals surface area contributed by atoms with Crippen molar-refractivity contribution < 1.29 is 19.5 Å². The predicted molar refractivity (Wildman–Crippen MR) is 119 cm³/mol. The monoisotopic (exact) mass is 433 g/mol. The number of hydrogen-bond donors (Lipinski definition) is 2. The molecule has 1 aliphatic rings. The Labute approximate surface area is 187 Å². The summed E-state index contributed by atoms with van der Waals surface area (Å²) in [6.45, 7) is 0.436. The molecule has 1 aromatic carbocycles. The van der Waals surface area contributed by atoms with Crippen molar-refractivity contribution in [1.82, 2.24) is 15.2 Å². The van der Waals surface area contributed by atoms with Crippen LogP contribution in [0.15, 0.2) is 54.9 Å². The number of benzene rings is 1. The van der Waals surface area contributed by atoms with Gasteiger partial charge in [-0.2, -0.15) is 0 Å². The molecule has 166 valence electrons. The van der Waals surface area contributed by atoms with Gasteiger partial charge in [-0.3, -0.25) is 19.4 Å². The van der Waals surface area contributed by atoms with Gasteiger partial charge >= 0.3 is 5.97 Å². The summed E-state index contributed by atoms with van der Waals surface area (Å²) in [5.41, 5.74) is 1.87. The molecule has 32 heavy (non-hydrogen) atoms. The Kier molecular flexibility index (Phi) is 8.38. The number of pyridine rings is 1. The summed E-state index contributed by atoms with van der Waals surface area (Å²) in [6, 6.07) is 12.2. The molecule has 2 atom stereocenters. The van der Waals surface area contributed by atoms with Crippen molar-refractivity contribution in [2.24, 2.45) is 5.92 Å². The van der Waals surface area contributed by atoms with E-state index in [1.807, 2.05) is 42.5 Å². The van der Waals surface area contributed by atoms with Crippen molar-refractivity contribution >= 4 is 17.8 Å². The highest BCUT2D eigenvalue weighted by Crippen LogP contribution is 2.22. The van der Waals surface area contributed by atoms with Crippen molar-refractivity contribution in [1.29, 1.82) is 0 Å². The fraction of sp³-hybridized carbons (Fsp3) is 0.360. The number of amides is 2. The Balaban J connectivity index is 1.56. The Hall–Kier alpha value is -3.66. The molecule has 2 heterocycles. The van der Waals surface area contributed by atoms with Crippen molar-refractivity contribution in [3.63, 3.8) is 0 Å². The molecule has 1 aliphatic heterocycles. The average molecular weight is 434 g/mol. The molecule has 7 nitrogen and oxygen atoms in total. The topological polar surface area (TPSA) is 99.6 Å². The van der Waals surface area contributed by atoms with Gasteiger partial charge in [0.15, 0.2) is 0 Å². The van der Waals surface area contributed by atoms with Gasteiger partial charge in [-0.05, 0) is 55.5 Å². The minimum atomic E-state index is -1.05. The van der Waals surface area contributed by atoms with Crippen LogP contribution in [0.2, 0.25) is 0 Å². The Bertz CT molecular complexity index is 982. The molecule has 0 radical (unpaired) electrons. The number of likely N-dealkylation sites (tertiary alicyclic amines) is 1. The highest BCUT2D eigenvalue weighted by molar-refractivity contribution is 5.87. The van der Waals surface area contributed by atoms with E-state index in [4.69, 9.17) is 5.11 Å². The molecule has 0 spiro atoms. The number of aryl methyl sites for hydroxylation is 1. The lowest BCUT2D eigenvalue weighted by Crippen LogP contribution is -2.48. The quantitative estimate of drug-likeness (QED) is 0.622. The molecule has 7 heteroatoms. The normalized spacial score (nSPS) is 16.6. The van der Waals surface area contributed by atoms with E-state index in [0.29, 0.717) is 6.54 Å². The number of carboxylic acid groups (broad SMARTS) is 1. The summed E-state index contributed by atoms with van der Waals surface area (Å²) >= 11 is 0. The van der Waals surface area contributed by atoms with Gasteiger partial charge in [0.2, 0.25) is 11.8 Å². The Morgan fingerprint density at radius 2 is 1.94 bits per heavy atom. The molecule has 2 amide bonds. The highest BCUT2D eigenvalue weighted by atomic mass is 16.4. The standard InChI is InChI=1S/C25H27N3O4/c29-23(27-22(17-24(30)31)11-9-19-5-2-1-3-6-19)18-28-16-4-7-21(25(28)32)10-8-20-12-14-26-15-13-20/h1-3,5-6,12-15,21-22H,4,7-8,10,16-18H2,(H,27,29)(H,30,31)/t21?,22-/m1/s1. The number of aromatic nitrogens is 1. The molecule has 1 fully saturated rings. The molecule has 3 rings (SSSR count). The first-order valence-electron chi connectivity index (χ1n) is 10.8. The van der Waals surface area contributed by atoms with E-state index < -0.39 is 17.9 Å². The third kappa shape index (κ3) is 7.24. The predicted octanol–water partition coefficient (Wildman–Crippen LogP) is 2.26. The molecule has 0 saturated carbocycles. The van der Waals surface area contributed by atoms with E-state index in [0.717, 1.165) is 36.8 Å². The van der Waals surface area contributed by atoms with Crippen LogP contribution in [0.1, 0.15) is 36.8 Å². The zero-order valence-corrected chi connectivity index (χ0v) is 17.9. The van der Waals surface area contributed by atoms with Crippen LogP contribution in [0, 0.1) is 17.8 Å². The average Bonchev–Trinajstić information content (AvgIpc) is 2.79. The first-order valence-corrected chi connectivity index (χ1v) is 10.8. The van der Waals surface area contributed by atoms with Gasteiger partial charge in [0, 0.05) is 30.4 Å². The lowest BCUT2D eigenvalue weighted by atomic mass is 9.91. The van der Waals surface area contributed by atoms with E-state index in [1.54, 1.807) is 17.3 Å². The van der Waals surface area contributed by atoms with Crippen LogP contribution in [0.5, 0.6) is 0 Å². The fourth-order valence-corrected chi connectivity index (χ4v) is 3.75. The summed E-state index contributed by atoms with van der Waals surface area (Å²) in [7, 11) is 0. The van der Waals surface area contributed by atoms with E-state index in [1.165, 1.54) is 0 Å². The SMILES string of the molecule is O=C(O)C[C@@H](C#Cc1ccccc1)NC(=O)CN1CCCC(CCc2ccncc2)C1=O. The molecule has 0 aliphatic carbocycles. The molecule has 1 aromatic heterocycles. The molecule has 1 saturated heterocycles. The maximum absolute atomic E-state index is 12.9. The summed E-state index contributed by atoms with van der Waals surface area (Å²) < 4.78 is 0.